The number of H-pyrrole nitrogens is 1. The molecule has 0 bridgehead atoms. The number of carbonyl (C=O) groups is 1. The molecule has 0 aliphatic heterocycles. The summed E-state index contributed by atoms with van der Waals surface area (Å²) >= 11 is 0. The molecule has 0 radical (unpaired) electrons. The molecule has 0 unspecified atom stereocenters. The van der Waals surface area contributed by atoms with Crippen molar-refractivity contribution in [1.82, 2.24) is 30.3 Å². The number of nitrogens with one attached hydrogen (secondary N) is 2. The molecule has 1 fully saturated rings. The second-order valence-electron chi connectivity index (χ2n) is 6.46. The zero-order chi connectivity index (χ0) is 15.8. The van der Waals surface area contributed by atoms with Crippen LogP contribution in [0.4, 0.5) is 0 Å². The van der Waals surface area contributed by atoms with Gasteiger partial charge in [0.05, 0.1) is 6.04 Å². The highest BCUT2D eigenvalue weighted by molar-refractivity contribution is 5.94. The zero-order valence-electron chi connectivity index (χ0n) is 13.4. The molecular weight excluding hydrogens is 292 g/mol. The molecule has 2 heterocycles. The molecule has 122 valence electrons. The number of carbonyl (C=O) groups excluding carboxylic acids is 1. The van der Waals surface area contributed by atoms with Crippen LogP contribution in [0.15, 0.2) is 6.33 Å². The van der Waals surface area contributed by atoms with Gasteiger partial charge < -0.3 is 5.32 Å². The lowest BCUT2D eigenvalue weighted by Gasteiger charge is -2.18. The number of fused-ring (bicyclic) bond motifs is 1. The molecule has 1 saturated carbocycles. The minimum absolute atomic E-state index is 0.0686. The third-order valence-electron chi connectivity index (χ3n) is 4.87. The fraction of sp³-hybridized carbons (Fsp3) is 0.625. The average Bonchev–Trinajstić information content (AvgIpc) is 3.15. The summed E-state index contributed by atoms with van der Waals surface area (Å²) in [6.45, 7) is 2.79. The van der Waals surface area contributed by atoms with Crippen LogP contribution >= 0.6 is 0 Å². The van der Waals surface area contributed by atoms with Crippen molar-refractivity contribution in [3.8, 4) is 0 Å². The van der Waals surface area contributed by atoms with Crippen LogP contribution in [0.2, 0.25) is 0 Å². The third kappa shape index (κ3) is 2.64. The Morgan fingerprint density at radius 1 is 1.43 bits per heavy atom. The second-order valence-corrected chi connectivity index (χ2v) is 6.46. The van der Waals surface area contributed by atoms with E-state index in [1.807, 2.05) is 11.6 Å². The fourth-order valence-electron chi connectivity index (χ4n) is 3.46. The van der Waals surface area contributed by atoms with Gasteiger partial charge in [0.15, 0.2) is 5.69 Å². The molecule has 1 atom stereocenters. The van der Waals surface area contributed by atoms with Crippen LogP contribution in [0.3, 0.4) is 0 Å². The first-order valence-corrected chi connectivity index (χ1v) is 8.52. The van der Waals surface area contributed by atoms with Gasteiger partial charge in [0.2, 0.25) is 0 Å². The highest BCUT2D eigenvalue weighted by Crippen LogP contribution is 2.40. The summed E-state index contributed by atoms with van der Waals surface area (Å²) in [5.41, 5.74) is 2.79. The number of aromatic nitrogens is 5. The molecule has 0 spiro atoms. The van der Waals surface area contributed by atoms with Crippen LogP contribution in [0.5, 0.6) is 0 Å². The summed E-state index contributed by atoms with van der Waals surface area (Å²) in [6, 6.07) is -0.0686. The van der Waals surface area contributed by atoms with Crippen molar-refractivity contribution in [2.24, 2.45) is 5.92 Å². The van der Waals surface area contributed by atoms with Gasteiger partial charge in [-0.3, -0.25) is 9.89 Å². The van der Waals surface area contributed by atoms with E-state index in [0.717, 1.165) is 55.7 Å². The maximum atomic E-state index is 12.8. The summed E-state index contributed by atoms with van der Waals surface area (Å²) in [7, 11) is 0. The topological polar surface area (TPSA) is 88.5 Å². The predicted molar refractivity (Wildman–Crippen MR) is 83.9 cm³/mol. The Balaban J connectivity index is 1.58. The normalized spacial score (nSPS) is 18.5. The van der Waals surface area contributed by atoms with Gasteiger partial charge in [-0.05, 0) is 51.4 Å². The summed E-state index contributed by atoms with van der Waals surface area (Å²) in [4.78, 5) is 17.1. The lowest BCUT2D eigenvalue weighted by atomic mass is 9.95. The molecule has 2 N–H and O–H groups in total. The van der Waals surface area contributed by atoms with Gasteiger partial charge in [-0.2, -0.15) is 10.2 Å². The summed E-state index contributed by atoms with van der Waals surface area (Å²) < 4.78 is 1.86. The average molecular weight is 314 g/mol. The van der Waals surface area contributed by atoms with Crippen molar-refractivity contribution < 1.29 is 4.79 Å². The van der Waals surface area contributed by atoms with Crippen molar-refractivity contribution >= 4 is 5.91 Å². The van der Waals surface area contributed by atoms with Crippen LogP contribution in [0.1, 0.15) is 66.2 Å². The summed E-state index contributed by atoms with van der Waals surface area (Å²) in [6.07, 6.45) is 8.04. The molecule has 7 nitrogen and oxygen atoms in total. The van der Waals surface area contributed by atoms with Crippen LogP contribution in [-0.4, -0.2) is 30.9 Å². The smallest absolute Gasteiger partial charge is 0.272 e. The largest absolute Gasteiger partial charge is 0.340 e. The van der Waals surface area contributed by atoms with Crippen molar-refractivity contribution in [1.29, 1.82) is 0 Å². The molecule has 23 heavy (non-hydrogen) atoms. The number of hydrogen-bond donors (Lipinski definition) is 2. The van der Waals surface area contributed by atoms with Crippen molar-refractivity contribution in [3.63, 3.8) is 0 Å². The highest BCUT2D eigenvalue weighted by atomic mass is 16.2. The maximum Gasteiger partial charge on any atom is 0.272 e. The van der Waals surface area contributed by atoms with E-state index in [4.69, 9.17) is 0 Å². The van der Waals surface area contributed by atoms with Gasteiger partial charge in [0, 0.05) is 17.8 Å². The van der Waals surface area contributed by atoms with Crippen molar-refractivity contribution in [2.45, 2.75) is 58.0 Å². The van der Waals surface area contributed by atoms with E-state index >= 15 is 0 Å². The second kappa shape index (κ2) is 5.79. The molecule has 2 aromatic heterocycles. The molecular formula is C16H22N6O. The Labute approximate surface area is 134 Å². The van der Waals surface area contributed by atoms with Crippen LogP contribution in [0.25, 0.3) is 0 Å². The van der Waals surface area contributed by atoms with Gasteiger partial charge in [0.25, 0.3) is 5.91 Å². The van der Waals surface area contributed by atoms with E-state index in [1.165, 1.54) is 6.42 Å². The third-order valence-corrected chi connectivity index (χ3v) is 4.87. The quantitative estimate of drug-likeness (QED) is 0.880. The van der Waals surface area contributed by atoms with Gasteiger partial charge in [0.1, 0.15) is 12.2 Å². The highest BCUT2D eigenvalue weighted by Gasteiger charge is 2.37. The molecule has 0 aromatic carbocycles. The molecule has 2 aromatic rings. The number of aryl methyl sites for hydroxylation is 2. The zero-order valence-corrected chi connectivity index (χ0v) is 13.4. The number of rotatable bonds is 5. The van der Waals surface area contributed by atoms with E-state index in [1.54, 1.807) is 6.33 Å². The standard InChI is InChI=1S/C16H22N6O/c1-2-22-15(17-9-18-22)13(10-7-8-10)19-16(23)14-11-5-3-4-6-12(11)20-21-14/h9-10,13H,2-8H2,1H3,(H,19,23)(H,20,21)/t13-/m1/s1. The first-order chi connectivity index (χ1) is 11.3. The lowest BCUT2D eigenvalue weighted by Crippen LogP contribution is -2.33. The molecule has 4 rings (SSSR count). The van der Waals surface area contributed by atoms with E-state index in [2.05, 4.69) is 25.6 Å². The number of hydrogen-bond acceptors (Lipinski definition) is 4. The minimum Gasteiger partial charge on any atom is -0.340 e. The van der Waals surface area contributed by atoms with Crippen molar-refractivity contribution in [2.75, 3.05) is 0 Å². The van der Waals surface area contributed by atoms with Crippen LogP contribution in [0, 0.1) is 5.92 Å². The number of aromatic amines is 1. The Morgan fingerprint density at radius 2 is 2.26 bits per heavy atom. The van der Waals surface area contributed by atoms with Crippen LogP contribution < -0.4 is 5.32 Å². The first-order valence-electron chi connectivity index (χ1n) is 8.52. The fourth-order valence-corrected chi connectivity index (χ4v) is 3.46. The molecule has 0 saturated heterocycles. The molecule has 2 aliphatic rings. The van der Waals surface area contributed by atoms with E-state index < -0.39 is 0 Å². The van der Waals surface area contributed by atoms with E-state index in [9.17, 15) is 4.79 Å². The predicted octanol–water partition coefficient (Wildman–Crippen LogP) is 1.78. The van der Waals surface area contributed by atoms with Crippen LogP contribution in [-0.2, 0) is 19.4 Å². The Hall–Kier alpha value is -2.18. The van der Waals surface area contributed by atoms with Gasteiger partial charge in [-0.25, -0.2) is 9.67 Å². The summed E-state index contributed by atoms with van der Waals surface area (Å²) in [5.74, 6) is 1.22. The monoisotopic (exact) mass is 314 g/mol. The van der Waals surface area contributed by atoms with Gasteiger partial charge in [-0.15, -0.1) is 0 Å². The molecule has 1 amide bonds. The Bertz CT molecular complexity index is 714. The number of nitrogens with zero attached hydrogens (tertiary/aromatic N) is 4. The van der Waals surface area contributed by atoms with Crippen molar-refractivity contribution in [3.05, 3.63) is 29.1 Å². The number of amides is 1. The van der Waals surface area contributed by atoms with Gasteiger partial charge in [-0.1, -0.05) is 0 Å². The lowest BCUT2D eigenvalue weighted by molar-refractivity contribution is 0.0922. The van der Waals surface area contributed by atoms with E-state index in [-0.39, 0.29) is 11.9 Å². The van der Waals surface area contributed by atoms with E-state index in [0.29, 0.717) is 11.6 Å². The SMILES string of the molecule is CCn1ncnc1[C@H](NC(=O)c1n[nH]c2c1CCCC2)C1CC1. The maximum absolute atomic E-state index is 12.8. The van der Waals surface area contributed by atoms with Gasteiger partial charge >= 0.3 is 0 Å². The molecule has 7 heteroatoms. The summed E-state index contributed by atoms with van der Waals surface area (Å²) in [5, 5.41) is 14.7. The minimum atomic E-state index is -0.0908. The first kappa shape index (κ1) is 14.4. The Morgan fingerprint density at radius 3 is 3.04 bits per heavy atom. The Kier molecular flexibility index (Phi) is 3.63. The molecule has 2 aliphatic carbocycles.